The first-order valence-electron chi connectivity index (χ1n) is 7.57. The molecule has 8 heteroatoms. The number of carbonyl (C=O) groups excluding carboxylic acids is 1. The topological polar surface area (TPSA) is 92.3 Å². The van der Waals surface area contributed by atoms with E-state index in [0.717, 1.165) is 24.8 Å². The van der Waals surface area contributed by atoms with E-state index in [2.05, 4.69) is 15.3 Å². The van der Waals surface area contributed by atoms with E-state index >= 15 is 0 Å². The van der Waals surface area contributed by atoms with Crippen molar-refractivity contribution in [2.24, 2.45) is 0 Å². The number of nitrogens with zero attached hydrogens (tertiary/aromatic N) is 3. The lowest BCUT2D eigenvalue weighted by molar-refractivity contribution is 0.205. The van der Waals surface area contributed by atoms with Gasteiger partial charge in [0.05, 0.1) is 24.1 Å². The molecule has 1 fully saturated rings. The summed E-state index contributed by atoms with van der Waals surface area (Å²) in [6, 6.07) is 8.50. The summed E-state index contributed by atoms with van der Waals surface area (Å²) < 4.78 is 22.8. The Labute approximate surface area is 140 Å². The fourth-order valence-electron chi connectivity index (χ4n) is 2.29. The van der Waals surface area contributed by atoms with Gasteiger partial charge in [-0.15, -0.1) is 0 Å². The van der Waals surface area contributed by atoms with E-state index in [-0.39, 0.29) is 17.1 Å². The summed E-state index contributed by atoms with van der Waals surface area (Å²) in [6.45, 7) is 0.437. The number of aromatic nitrogens is 2. The Morgan fingerprint density at radius 1 is 1.25 bits per heavy atom. The number of amides is 2. The highest BCUT2D eigenvalue weighted by molar-refractivity contribution is 7.90. The molecule has 126 valence electrons. The van der Waals surface area contributed by atoms with Gasteiger partial charge in [0.15, 0.2) is 14.9 Å². The van der Waals surface area contributed by atoms with Crippen molar-refractivity contribution in [3.05, 3.63) is 48.4 Å². The number of urea groups is 1. The largest absolute Gasteiger partial charge is 0.322 e. The number of pyridine rings is 2. The minimum absolute atomic E-state index is 0.0203. The molecule has 1 N–H and O–H groups in total. The molecule has 0 aliphatic heterocycles. The summed E-state index contributed by atoms with van der Waals surface area (Å²) in [6.07, 6.45) is 6.10. The van der Waals surface area contributed by atoms with Crippen LogP contribution in [-0.4, -0.2) is 41.6 Å². The minimum atomic E-state index is -3.35. The Bertz CT molecular complexity index is 818. The molecule has 0 saturated heterocycles. The van der Waals surface area contributed by atoms with Gasteiger partial charge in [-0.1, -0.05) is 6.07 Å². The molecule has 7 nitrogen and oxygen atoms in total. The fraction of sp³-hybridized carbons (Fsp3) is 0.312. The average Bonchev–Trinajstić information content (AvgIpc) is 3.38. The standard InChI is InChI=1S/C16H18N4O3S/c1-24(22,23)15-8-5-12(10-18-15)19-16(21)20(14-6-7-14)11-13-4-2-3-9-17-13/h2-5,8-10,14H,6-7,11H2,1H3,(H,19,21). The molecular weight excluding hydrogens is 328 g/mol. The third-order valence-corrected chi connectivity index (χ3v) is 4.68. The Balaban J connectivity index is 1.70. The number of anilines is 1. The molecule has 0 atom stereocenters. The molecule has 2 aromatic heterocycles. The SMILES string of the molecule is CS(=O)(=O)c1ccc(NC(=O)N(Cc2ccccn2)C2CC2)cn1. The molecule has 0 spiro atoms. The van der Waals surface area contributed by atoms with Crippen molar-refractivity contribution < 1.29 is 13.2 Å². The summed E-state index contributed by atoms with van der Waals surface area (Å²) in [5, 5.41) is 2.74. The summed E-state index contributed by atoms with van der Waals surface area (Å²) in [4.78, 5) is 22.4. The zero-order chi connectivity index (χ0) is 17.2. The van der Waals surface area contributed by atoms with Gasteiger partial charge in [0.2, 0.25) is 0 Å². The maximum absolute atomic E-state index is 12.5. The minimum Gasteiger partial charge on any atom is -0.316 e. The molecule has 0 aromatic carbocycles. The first-order chi connectivity index (χ1) is 11.4. The Morgan fingerprint density at radius 3 is 2.58 bits per heavy atom. The molecule has 2 heterocycles. The zero-order valence-corrected chi connectivity index (χ0v) is 14.0. The van der Waals surface area contributed by atoms with E-state index in [1.54, 1.807) is 11.1 Å². The highest BCUT2D eigenvalue weighted by atomic mass is 32.2. The van der Waals surface area contributed by atoms with Gasteiger partial charge in [-0.3, -0.25) is 4.98 Å². The highest BCUT2D eigenvalue weighted by Gasteiger charge is 2.33. The van der Waals surface area contributed by atoms with Gasteiger partial charge in [0, 0.05) is 18.5 Å². The van der Waals surface area contributed by atoms with Crippen molar-refractivity contribution in [3.8, 4) is 0 Å². The van der Waals surface area contributed by atoms with E-state index in [0.29, 0.717) is 12.2 Å². The molecule has 2 amide bonds. The molecule has 0 radical (unpaired) electrons. The maximum atomic E-state index is 12.5. The van der Waals surface area contributed by atoms with Gasteiger partial charge in [-0.05, 0) is 37.1 Å². The van der Waals surface area contributed by atoms with Crippen molar-refractivity contribution in [2.75, 3.05) is 11.6 Å². The average molecular weight is 346 g/mol. The summed E-state index contributed by atoms with van der Waals surface area (Å²) >= 11 is 0. The number of sulfone groups is 1. The lowest BCUT2D eigenvalue weighted by Gasteiger charge is -2.22. The van der Waals surface area contributed by atoms with E-state index < -0.39 is 9.84 Å². The predicted octanol–water partition coefficient (Wildman–Crippen LogP) is 2.08. The number of nitrogens with one attached hydrogen (secondary N) is 1. The Hall–Kier alpha value is -2.48. The second-order valence-electron chi connectivity index (χ2n) is 5.77. The second kappa shape index (κ2) is 6.56. The molecule has 24 heavy (non-hydrogen) atoms. The van der Waals surface area contributed by atoms with Gasteiger partial charge in [0.1, 0.15) is 0 Å². The monoisotopic (exact) mass is 346 g/mol. The van der Waals surface area contributed by atoms with Crippen LogP contribution in [0.1, 0.15) is 18.5 Å². The second-order valence-corrected chi connectivity index (χ2v) is 7.73. The summed E-state index contributed by atoms with van der Waals surface area (Å²) in [7, 11) is -3.35. The molecule has 1 aliphatic rings. The third kappa shape index (κ3) is 4.08. The van der Waals surface area contributed by atoms with Crippen LogP contribution in [0.4, 0.5) is 10.5 Å². The van der Waals surface area contributed by atoms with Crippen molar-refractivity contribution >= 4 is 21.6 Å². The van der Waals surface area contributed by atoms with E-state index in [9.17, 15) is 13.2 Å². The van der Waals surface area contributed by atoms with Crippen LogP contribution in [0.25, 0.3) is 0 Å². The number of hydrogen-bond donors (Lipinski definition) is 1. The van der Waals surface area contributed by atoms with Crippen LogP contribution in [0, 0.1) is 0 Å². The van der Waals surface area contributed by atoms with Gasteiger partial charge in [-0.25, -0.2) is 18.2 Å². The number of rotatable bonds is 5. The first kappa shape index (κ1) is 16.4. The van der Waals surface area contributed by atoms with E-state index in [1.807, 2.05) is 18.2 Å². The van der Waals surface area contributed by atoms with Gasteiger partial charge in [0.25, 0.3) is 0 Å². The van der Waals surface area contributed by atoms with Crippen LogP contribution in [0.3, 0.4) is 0 Å². The molecule has 0 bridgehead atoms. The van der Waals surface area contributed by atoms with Crippen LogP contribution >= 0.6 is 0 Å². The lowest BCUT2D eigenvalue weighted by Crippen LogP contribution is -2.36. The van der Waals surface area contributed by atoms with Crippen molar-refractivity contribution in [3.63, 3.8) is 0 Å². The molecule has 2 aromatic rings. The maximum Gasteiger partial charge on any atom is 0.322 e. The van der Waals surface area contributed by atoms with Gasteiger partial charge < -0.3 is 10.2 Å². The van der Waals surface area contributed by atoms with Crippen molar-refractivity contribution in [1.82, 2.24) is 14.9 Å². The highest BCUT2D eigenvalue weighted by Crippen LogP contribution is 2.28. The van der Waals surface area contributed by atoms with Crippen molar-refractivity contribution in [1.29, 1.82) is 0 Å². The van der Waals surface area contributed by atoms with Crippen LogP contribution in [0.15, 0.2) is 47.8 Å². The summed E-state index contributed by atoms with van der Waals surface area (Å²) in [5.41, 5.74) is 1.28. The van der Waals surface area contributed by atoms with Gasteiger partial charge in [-0.2, -0.15) is 0 Å². The zero-order valence-electron chi connectivity index (χ0n) is 13.2. The Kier molecular flexibility index (Phi) is 4.48. The third-order valence-electron chi connectivity index (χ3n) is 3.67. The smallest absolute Gasteiger partial charge is 0.316 e. The van der Waals surface area contributed by atoms with Crippen LogP contribution in [-0.2, 0) is 16.4 Å². The number of carbonyl (C=O) groups is 1. The molecule has 1 saturated carbocycles. The Morgan fingerprint density at radius 2 is 2.04 bits per heavy atom. The fourth-order valence-corrected chi connectivity index (χ4v) is 2.85. The van der Waals surface area contributed by atoms with E-state index in [1.165, 1.54) is 18.3 Å². The lowest BCUT2D eigenvalue weighted by atomic mass is 10.3. The van der Waals surface area contributed by atoms with Crippen LogP contribution in [0.5, 0.6) is 0 Å². The molecule has 1 aliphatic carbocycles. The predicted molar refractivity (Wildman–Crippen MR) is 89.2 cm³/mol. The molecule has 3 rings (SSSR count). The van der Waals surface area contributed by atoms with Crippen molar-refractivity contribution in [2.45, 2.75) is 30.5 Å². The molecular formula is C16H18N4O3S. The van der Waals surface area contributed by atoms with E-state index in [4.69, 9.17) is 0 Å². The van der Waals surface area contributed by atoms with Crippen LogP contribution < -0.4 is 5.32 Å². The quantitative estimate of drug-likeness (QED) is 0.895. The molecule has 0 unspecified atom stereocenters. The van der Waals surface area contributed by atoms with Gasteiger partial charge >= 0.3 is 6.03 Å². The summed E-state index contributed by atoms with van der Waals surface area (Å²) in [5.74, 6) is 0. The number of hydrogen-bond acceptors (Lipinski definition) is 5. The van der Waals surface area contributed by atoms with Crippen LogP contribution in [0.2, 0.25) is 0 Å². The normalized spacial score (nSPS) is 14.2. The first-order valence-corrected chi connectivity index (χ1v) is 9.46.